The summed E-state index contributed by atoms with van der Waals surface area (Å²) >= 11 is 0. The van der Waals surface area contributed by atoms with E-state index >= 15 is 0 Å². The molecule has 0 fully saturated rings. The third kappa shape index (κ3) is 2.98. The number of carboxylic acids is 2. The van der Waals surface area contributed by atoms with Crippen molar-refractivity contribution in [1.82, 2.24) is 0 Å². The number of carbonyl (C=O) groups is 2. The van der Waals surface area contributed by atoms with E-state index in [4.69, 9.17) is 14.9 Å². The molecule has 0 saturated carbocycles. The van der Waals surface area contributed by atoms with E-state index in [0.29, 0.717) is 5.75 Å². The highest BCUT2D eigenvalue weighted by atomic mass is 16.5. The topological polar surface area (TPSA) is 83.8 Å². The van der Waals surface area contributed by atoms with E-state index in [0.717, 1.165) is 0 Å². The monoisotopic (exact) mass is 210 g/mol. The van der Waals surface area contributed by atoms with Crippen LogP contribution in [0.1, 0.15) is 17.3 Å². The number of benzene rings is 1. The Morgan fingerprint density at radius 2 is 1.73 bits per heavy atom. The van der Waals surface area contributed by atoms with Crippen molar-refractivity contribution < 1.29 is 24.5 Å². The second-order valence-electron chi connectivity index (χ2n) is 2.93. The molecule has 5 nitrogen and oxygen atoms in total. The van der Waals surface area contributed by atoms with Gasteiger partial charge in [0.1, 0.15) is 5.75 Å². The lowest BCUT2D eigenvalue weighted by atomic mass is 10.2. The summed E-state index contributed by atoms with van der Waals surface area (Å²) in [6.07, 6.45) is -0.958. The summed E-state index contributed by atoms with van der Waals surface area (Å²) in [6, 6.07) is 5.55. The van der Waals surface area contributed by atoms with E-state index in [1.165, 1.54) is 31.2 Å². The summed E-state index contributed by atoms with van der Waals surface area (Å²) in [5.74, 6) is -1.78. The molecular weight excluding hydrogens is 200 g/mol. The van der Waals surface area contributed by atoms with Crippen molar-refractivity contribution in [2.45, 2.75) is 13.0 Å². The average Bonchev–Trinajstić information content (AvgIpc) is 2.18. The molecule has 2 N–H and O–H groups in total. The molecule has 0 unspecified atom stereocenters. The fourth-order valence-electron chi connectivity index (χ4n) is 0.931. The van der Waals surface area contributed by atoms with Gasteiger partial charge in [-0.15, -0.1) is 0 Å². The van der Waals surface area contributed by atoms with Crippen LogP contribution in [-0.2, 0) is 4.79 Å². The Kier molecular flexibility index (Phi) is 3.28. The van der Waals surface area contributed by atoms with Crippen LogP contribution in [0.5, 0.6) is 5.75 Å². The molecule has 1 rings (SSSR count). The van der Waals surface area contributed by atoms with Gasteiger partial charge in [-0.3, -0.25) is 0 Å². The summed E-state index contributed by atoms with van der Waals surface area (Å²) in [6.45, 7) is 1.40. The van der Waals surface area contributed by atoms with Crippen molar-refractivity contribution in [1.29, 1.82) is 0 Å². The highest BCUT2D eigenvalue weighted by Crippen LogP contribution is 2.13. The van der Waals surface area contributed by atoms with Crippen molar-refractivity contribution in [3.05, 3.63) is 29.8 Å². The number of rotatable bonds is 4. The van der Waals surface area contributed by atoms with Crippen molar-refractivity contribution in [2.24, 2.45) is 0 Å². The summed E-state index contributed by atoms with van der Waals surface area (Å²) in [5.41, 5.74) is 0.130. The van der Waals surface area contributed by atoms with Crippen molar-refractivity contribution in [3.8, 4) is 5.75 Å². The summed E-state index contributed by atoms with van der Waals surface area (Å²) in [4.78, 5) is 21.0. The maximum atomic E-state index is 10.5. The predicted molar refractivity (Wildman–Crippen MR) is 51.1 cm³/mol. The third-order valence-corrected chi connectivity index (χ3v) is 1.76. The molecule has 0 bridgehead atoms. The SMILES string of the molecule is C[C@H](Oc1ccc(C(=O)O)cc1)C(=O)O. The van der Waals surface area contributed by atoms with E-state index in [2.05, 4.69) is 0 Å². The van der Waals surface area contributed by atoms with Crippen LogP contribution in [0.25, 0.3) is 0 Å². The first-order valence-electron chi connectivity index (χ1n) is 4.23. The Morgan fingerprint density at radius 3 is 2.13 bits per heavy atom. The van der Waals surface area contributed by atoms with Gasteiger partial charge in [0.15, 0.2) is 6.10 Å². The number of aliphatic carboxylic acids is 1. The molecule has 1 aromatic carbocycles. The van der Waals surface area contributed by atoms with Gasteiger partial charge in [-0.05, 0) is 31.2 Å². The quantitative estimate of drug-likeness (QED) is 0.780. The van der Waals surface area contributed by atoms with E-state index in [1.807, 2.05) is 0 Å². The molecule has 0 spiro atoms. The van der Waals surface area contributed by atoms with Gasteiger partial charge in [-0.1, -0.05) is 0 Å². The fourth-order valence-corrected chi connectivity index (χ4v) is 0.931. The zero-order valence-electron chi connectivity index (χ0n) is 8.01. The standard InChI is InChI=1S/C10H10O5/c1-6(9(11)12)15-8-4-2-7(3-5-8)10(13)14/h2-6H,1H3,(H,11,12)(H,13,14)/t6-/m0/s1. The van der Waals surface area contributed by atoms with Crippen LogP contribution in [0.15, 0.2) is 24.3 Å². The average molecular weight is 210 g/mol. The Labute approximate surface area is 85.9 Å². The number of hydrogen-bond donors (Lipinski definition) is 2. The van der Waals surface area contributed by atoms with E-state index in [-0.39, 0.29) is 5.56 Å². The van der Waals surface area contributed by atoms with Crippen LogP contribution in [0.4, 0.5) is 0 Å². The molecule has 80 valence electrons. The summed E-state index contributed by atoms with van der Waals surface area (Å²) in [5, 5.41) is 17.2. The van der Waals surface area contributed by atoms with Gasteiger partial charge in [0, 0.05) is 0 Å². The Morgan fingerprint density at radius 1 is 1.20 bits per heavy atom. The lowest BCUT2D eigenvalue weighted by molar-refractivity contribution is -0.144. The van der Waals surface area contributed by atoms with Gasteiger partial charge < -0.3 is 14.9 Å². The largest absolute Gasteiger partial charge is 0.479 e. The van der Waals surface area contributed by atoms with Gasteiger partial charge in [-0.25, -0.2) is 9.59 Å². The molecule has 0 heterocycles. The minimum Gasteiger partial charge on any atom is -0.479 e. The smallest absolute Gasteiger partial charge is 0.344 e. The number of ether oxygens (including phenoxy) is 1. The molecular formula is C10H10O5. The van der Waals surface area contributed by atoms with E-state index in [9.17, 15) is 9.59 Å². The fraction of sp³-hybridized carbons (Fsp3) is 0.200. The third-order valence-electron chi connectivity index (χ3n) is 1.76. The molecule has 0 aliphatic heterocycles. The maximum absolute atomic E-state index is 10.5. The van der Waals surface area contributed by atoms with Crippen LogP contribution in [-0.4, -0.2) is 28.3 Å². The number of hydrogen-bond acceptors (Lipinski definition) is 3. The lowest BCUT2D eigenvalue weighted by Gasteiger charge is -2.09. The molecule has 0 aliphatic rings. The van der Waals surface area contributed by atoms with Gasteiger partial charge in [0.05, 0.1) is 5.56 Å². The van der Waals surface area contributed by atoms with Crippen LogP contribution in [0.3, 0.4) is 0 Å². The lowest BCUT2D eigenvalue weighted by Crippen LogP contribution is -2.22. The van der Waals surface area contributed by atoms with Gasteiger partial charge >= 0.3 is 11.9 Å². The van der Waals surface area contributed by atoms with Gasteiger partial charge in [0.2, 0.25) is 0 Å². The Hall–Kier alpha value is -2.04. The summed E-state index contributed by atoms with van der Waals surface area (Å²) < 4.78 is 5.02. The molecule has 1 aromatic rings. The molecule has 15 heavy (non-hydrogen) atoms. The zero-order valence-corrected chi connectivity index (χ0v) is 8.01. The first kappa shape index (κ1) is 11.0. The van der Waals surface area contributed by atoms with Gasteiger partial charge in [0.25, 0.3) is 0 Å². The first-order valence-corrected chi connectivity index (χ1v) is 4.23. The highest BCUT2D eigenvalue weighted by Gasteiger charge is 2.12. The van der Waals surface area contributed by atoms with Crippen LogP contribution in [0.2, 0.25) is 0 Å². The molecule has 0 amide bonds. The molecule has 5 heteroatoms. The maximum Gasteiger partial charge on any atom is 0.344 e. The van der Waals surface area contributed by atoms with Crippen LogP contribution in [0, 0.1) is 0 Å². The Balaban J connectivity index is 2.72. The van der Waals surface area contributed by atoms with Crippen molar-refractivity contribution in [3.63, 3.8) is 0 Å². The van der Waals surface area contributed by atoms with Crippen LogP contribution < -0.4 is 4.74 Å². The normalized spacial score (nSPS) is 11.8. The summed E-state index contributed by atoms with van der Waals surface area (Å²) in [7, 11) is 0. The Bertz CT molecular complexity index is 368. The second-order valence-corrected chi connectivity index (χ2v) is 2.93. The molecule has 0 saturated heterocycles. The molecule has 0 radical (unpaired) electrons. The van der Waals surface area contributed by atoms with Crippen molar-refractivity contribution >= 4 is 11.9 Å². The number of aromatic carboxylic acids is 1. The van der Waals surface area contributed by atoms with E-state index < -0.39 is 18.0 Å². The minimum atomic E-state index is -1.07. The highest BCUT2D eigenvalue weighted by molar-refractivity contribution is 5.87. The van der Waals surface area contributed by atoms with Crippen LogP contribution >= 0.6 is 0 Å². The molecule has 0 aliphatic carbocycles. The zero-order chi connectivity index (χ0) is 11.4. The molecule has 0 aromatic heterocycles. The van der Waals surface area contributed by atoms with E-state index in [1.54, 1.807) is 0 Å². The van der Waals surface area contributed by atoms with Gasteiger partial charge in [-0.2, -0.15) is 0 Å². The second kappa shape index (κ2) is 4.45. The van der Waals surface area contributed by atoms with Crippen molar-refractivity contribution in [2.75, 3.05) is 0 Å². The molecule has 1 atom stereocenters. The first-order chi connectivity index (χ1) is 7.00. The minimum absolute atomic E-state index is 0.130. The predicted octanol–water partition coefficient (Wildman–Crippen LogP) is 1.24. The number of carboxylic acid groups (broad SMARTS) is 2.